The Hall–Kier alpha value is -6.67. The van der Waals surface area contributed by atoms with Crippen LogP contribution >= 0.6 is 29.2 Å². The van der Waals surface area contributed by atoms with Crippen molar-refractivity contribution < 1.29 is 65.3 Å². The summed E-state index contributed by atoms with van der Waals surface area (Å²) in [4.78, 5) is 121. The summed E-state index contributed by atoms with van der Waals surface area (Å²) in [5.74, 6) is -2.87. The van der Waals surface area contributed by atoms with Crippen LogP contribution in [0.4, 0.5) is 5.69 Å². The van der Waals surface area contributed by atoms with Crippen molar-refractivity contribution >= 4 is 97.2 Å². The molecule has 2 aliphatic heterocycles. The molecule has 0 saturated carbocycles. The summed E-state index contributed by atoms with van der Waals surface area (Å²) in [6, 6.07) is 22.7. The van der Waals surface area contributed by atoms with Gasteiger partial charge in [0.2, 0.25) is 34.9 Å². The van der Waals surface area contributed by atoms with Crippen LogP contribution in [0.1, 0.15) is 115 Å². The molecule has 7 N–H and O–H groups in total. The van der Waals surface area contributed by atoms with E-state index >= 15 is 0 Å². The van der Waals surface area contributed by atoms with Crippen LogP contribution in [0, 0.1) is 0 Å². The van der Waals surface area contributed by atoms with E-state index in [4.69, 9.17) is 4.42 Å². The molecule has 0 spiro atoms. The van der Waals surface area contributed by atoms with E-state index in [0.717, 1.165) is 64.3 Å². The van der Waals surface area contributed by atoms with Crippen LogP contribution in [0.15, 0.2) is 94.5 Å². The molecule has 89 heavy (non-hydrogen) atoms. The third kappa shape index (κ3) is 23.0. The number of benzene rings is 3. The van der Waals surface area contributed by atoms with Gasteiger partial charge in [0.15, 0.2) is 0 Å². The Labute approximate surface area is 528 Å². The number of fused-ring (bicyclic) bond motifs is 2. The molecule has 0 radical (unpaired) electrons. The predicted molar refractivity (Wildman–Crippen MR) is 347 cm³/mol. The zero-order valence-electron chi connectivity index (χ0n) is 51.2. The highest BCUT2D eigenvalue weighted by molar-refractivity contribution is 8.76. The van der Waals surface area contributed by atoms with E-state index < -0.39 is 65.3 Å². The zero-order chi connectivity index (χ0) is 64.5. The molecule has 2 atom stereocenters. The van der Waals surface area contributed by atoms with E-state index in [1.807, 2.05) is 42.5 Å². The SMILES string of the molecule is CCN(CC)c1ccc2c(-c3ccccc3C(=O)N3CCN(C(=O)CCCCC(=O)NC(CS(=O)(=O)O)C(=O)NCCCCC(=O)NC(CCP(=O)(O)O)C(=O)NCCCCC(=O)CCSSc4ccccn4)CC3)c3ccc(=[N+](CC)CC)cc-3oc2c1. The Morgan fingerprint density at radius 3 is 1.98 bits per heavy atom. The number of aromatic nitrogens is 1. The van der Waals surface area contributed by atoms with Gasteiger partial charge in [0.05, 0.1) is 12.2 Å². The lowest BCUT2D eigenvalue weighted by molar-refractivity contribution is -0.133. The molecule has 1 aromatic heterocycles. The standard InChI is InChI=1S/C62H84N9O14PS3/c1-5-68(6-2)44-26-28-49-53(41-44)85-54-42-45(69(7-3)8-4)27-29-50(54)59(49)47-20-9-10-21-48(47)62(78)71-37-35-70(36-38-71)58(75)25-12-11-22-56(74)67-52(43-89(82,83)84)61(77)65-34-17-14-23-55(73)66-51(30-39-86(79,80)81)60(76)64-33-16-13-19-46(72)31-40-87-88-57-24-15-18-32-63-57/h9-10,15,18,20-21,24,26-29,32,41-42,51-52H,5-8,11-14,16-17,19,22-23,25,30-31,33-40,43H2,1-4H3,(H6-,64,65,66,67,73,74,76,77,79,80,81,82,83,84)/p+1. The Morgan fingerprint density at radius 2 is 1.34 bits per heavy atom. The fourth-order valence-corrected chi connectivity index (χ4v) is 13.6. The highest BCUT2D eigenvalue weighted by Gasteiger charge is 2.30. The van der Waals surface area contributed by atoms with Crippen molar-refractivity contribution in [2.24, 2.45) is 0 Å². The van der Waals surface area contributed by atoms with Crippen LogP contribution < -0.4 is 36.1 Å². The van der Waals surface area contributed by atoms with E-state index in [9.17, 15) is 60.9 Å². The average molecular weight is 1310 g/mol. The number of anilines is 1. The summed E-state index contributed by atoms with van der Waals surface area (Å²) >= 11 is 0. The lowest BCUT2D eigenvalue weighted by Crippen LogP contribution is -2.50. The van der Waals surface area contributed by atoms with Gasteiger partial charge in [-0.15, -0.1) is 0 Å². The second-order valence-electron chi connectivity index (χ2n) is 21.6. The van der Waals surface area contributed by atoms with Crippen LogP contribution in [0.25, 0.3) is 33.4 Å². The molecule has 6 rings (SSSR count). The molecule has 3 aromatic rings. The zero-order valence-corrected chi connectivity index (χ0v) is 54.5. The van der Waals surface area contributed by atoms with Crippen LogP contribution in [0.5, 0.6) is 0 Å². The average Bonchev–Trinajstić information content (AvgIpc) is 0.844. The number of carbonyl (C=O) groups excluding carboxylic acids is 7. The summed E-state index contributed by atoms with van der Waals surface area (Å²) in [5.41, 5.74) is 4.80. The number of amides is 6. The van der Waals surface area contributed by atoms with Gasteiger partial charge >= 0.3 is 7.60 Å². The quantitative estimate of drug-likeness (QED) is 0.00562. The largest absolute Gasteiger partial charge is 0.456 e. The molecule has 1 saturated heterocycles. The Balaban J connectivity index is 0.922. The molecule has 1 fully saturated rings. The van der Waals surface area contributed by atoms with Crippen molar-refractivity contribution in [1.82, 2.24) is 40.6 Å². The molecule has 27 heteroatoms. The summed E-state index contributed by atoms with van der Waals surface area (Å²) in [6.45, 7) is 13.1. The fourth-order valence-electron chi connectivity index (χ4n) is 10.5. The third-order valence-corrected chi connectivity index (χ3v) is 19.1. The predicted octanol–water partition coefficient (Wildman–Crippen LogP) is 6.50. The summed E-state index contributed by atoms with van der Waals surface area (Å²) in [6.07, 6.45) is 3.04. The molecule has 1 aliphatic carbocycles. The number of pyridine rings is 1. The smallest absolute Gasteiger partial charge is 0.325 e. The number of unbranched alkanes of at least 4 members (excludes halogenated alkanes) is 3. The number of hydrogen-bond acceptors (Lipinski definition) is 15. The molecule has 2 unspecified atom stereocenters. The number of Topliss-reactive ketones (excluding diaryl/α,β-unsaturated/α-hetero) is 1. The van der Waals surface area contributed by atoms with Crippen molar-refractivity contribution in [2.45, 2.75) is 122 Å². The maximum atomic E-state index is 14.6. The monoisotopic (exact) mass is 1310 g/mol. The van der Waals surface area contributed by atoms with E-state index in [1.54, 1.807) is 16.0 Å². The summed E-state index contributed by atoms with van der Waals surface area (Å²) < 4.78 is 54.0. The van der Waals surface area contributed by atoms with Gasteiger partial charge in [-0.3, -0.25) is 42.7 Å². The highest BCUT2D eigenvalue weighted by atomic mass is 33.1. The summed E-state index contributed by atoms with van der Waals surface area (Å²) in [7, 11) is -6.24. The molecular weight excluding hydrogens is 1220 g/mol. The molecule has 6 amide bonds. The van der Waals surface area contributed by atoms with Gasteiger partial charge in [0.1, 0.15) is 53.1 Å². The van der Waals surface area contributed by atoms with Crippen LogP contribution in [0.3, 0.4) is 0 Å². The van der Waals surface area contributed by atoms with Gasteiger partial charge in [-0.2, -0.15) is 8.42 Å². The second-order valence-corrected chi connectivity index (χ2v) is 27.3. The van der Waals surface area contributed by atoms with E-state index in [1.165, 1.54) is 21.6 Å². The van der Waals surface area contributed by atoms with Crippen molar-refractivity contribution in [1.29, 1.82) is 0 Å². The molecular formula is C62H85N9O14PS3+. The van der Waals surface area contributed by atoms with E-state index in [2.05, 4.69) is 99.8 Å². The number of nitrogens with one attached hydrogen (secondary N) is 4. The minimum Gasteiger partial charge on any atom is -0.456 e. The first-order valence-electron chi connectivity index (χ1n) is 30.5. The number of piperazine rings is 1. The Morgan fingerprint density at radius 1 is 0.719 bits per heavy atom. The van der Waals surface area contributed by atoms with Gasteiger partial charge in [-0.05, 0) is 125 Å². The first-order valence-corrected chi connectivity index (χ1v) is 36.2. The first kappa shape index (κ1) is 71.4. The topological polar surface area (TPSA) is 318 Å². The number of ketones is 1. The van der Waals surface area contributed by atoms with E-state index in [-0.39, 0.29) is 75.6 Å². The van der Waals surface area contributed by atoms with Gasteiger partial charge in [0, 0.05) is 136 Å². The highest BCUT2D eigenvalue weighted by Crippen LogP contribution is 2.42. The van der Waals surface area contributed by atoms with Crippen LogP contribution in [-0.2, 0) is 43.5 Å². The lowest BCUT2D eigenvalue weighted by atomic mass is 9.90. The van der Waals surface area contributed by atoms with Crippen molar-refractivity contribution in [2.75, 3.05) is 88.0 Å². The third-order valence-electron chi connectivity index (χ3n) is 15.3. The molecule has 3 heterocycles. The van der Waals surface area contributed by atoms with Gasteiger partial charge in [-0.25, -0.2) is 9.56 Å². The van der Waals surface area contributed by atoms with Gasteiger partial charge in [-0.1, -0.05) is 35.1 Å². The number of nitrogens with zero attached hydrogens (tertiary/aromatic N) is 5. The maximum Gasteiger partial charge on any atom is 0.325 e. The van der Waals surface area contributed by atoms with Gasteiger partial charge < -0.3 is 50.2 Å². The number of carbonyl (C=O) groups is 7. The number of rotatable bonds is 36. The van der Waals surface area contributed by atoms with E-state index in [0.29, 0.717) is 80.9 Å². The Kier molecular flexibility index (Phi) is 28.6. The first-order chi connectivity index (χ1) is 42.6. The maximum absolute atomic E-state index is 14.6. The van der Waals surface area contributed by atoms with Gasteiger partial charge in [0.25, 0.3) is 16.0 Å². The molecule has 2 aromatic carbocycles. The van der Waals surface area contributed by atoms with Crippen LogP contribution in [0.2, 0.25) is 0 Å². The minimum atomic E-state index is -4.74. The van der Waals surface area contributed by atoms with Crippen molar-refractivity contribution in [3.05, 3.63) is 96.0 Å². The van der Waals surface area contributed by atoms with Crippen molar-refractivity contribution in [3.63, 3.8) is 0 Å². The molecule has 0 bridgehead atoms. The fraction of sp³-hybridized carbons (Fsp3) is 0.500. The number of hydrogen-bond donors (Lipinski definition) is 7. The molecule has 484 valence electrons. The minimum absolute atomic E-state index is 0.0642. The van der Waals surface area contributed by atoms with Crippen LogP contribution in [-0.4, -0.2) is 174 Å². The summed E-state index contributed by atoms with van der Waals surface area (Å²) in [5, 5.41) is 12.8. The Bertz CT molecular complexity index is 3420. The molecule has 23 nitrogen and oxygen atoms in total. The normalized spacial score (nSPS) is 13.4. The lowest BCUT2D eigenvalue weighted by Gasteiger charge is -2.35. The van der Waals surface area contributed by atoms with Crippen molar-refractivity contribution in [3.8, 4) is 22.5 Å². The molecule has 3 aliphatic rings. The second kappa shape index (κ2) is 35.7.